The molecule has 1 amide bonds. The molecule has 4 nitrogen and oxygen atoms in total. The van der Waals surface area contributed by atoms with E-state index in [9.17, 15) is 9.70 Å². The third-order valence-electron chi connectivity index (χ3n) is 2.21. The number of rotatable bonds is 2. The summed E-state index contributed by atoms with van der Waals surface area (Å²) in [4.78, 5) is 23.5. The summed E-state index contributed by atoms with van der Waals surface area (Å²) in [6, 6.07) is 7.37. The molecule has 1 atom stereocenters. The predicted octanol–water partition coefficient (Wildman–Crippen LogP) is 2.45. The molecule has 0 aliphatic carbocycles. The number of aryl methyl sites for hydroxylation is 1. The van der Waals surface area contributed by atoms with E-state index in [1.807, 2.05) is 19.1 Å². The van der Waals surface area contributed by atoms with Crippen LogP contribution in [-0.2, 0) is 4.79 Å². The maximum Gasteiger partial charge on any atom is 0.271 e. The quantitative estimate of drug-likeness (QED) is 0.599. The summed E-state index contributed by atoms with van der Waals surface area (Å²) < 4.78 is 0.374. The fourth-order valence-corrected chi connectivity index (χ4v) is 2.60. The average molecular weight is 252 g/mol. The third kappa shape index (κ3) is 1.85. The molecular formula is C10H8N2O2S2. The summed E-state index contributed by atoms with van der Waals surface area (Å²) in [6.07, 6.45) is 0. The summed E-state index contributed by atoms with van der Waals surface area (Å²) in [5.41, 5.74) is 1.78. The summed E-state index contributed by atoms with van der Waals surface area (Å²) >= 11 is 6.05. The van der Waals surface area contributed by atoms with E-state index in [4.69, 9.17) is 12.2 Å². The molecule has 1 unspecified atom stereocenters. The van der Waals surface area contributed by atoms with Gasteiger partial charge in [0.1, 0.15) is 4.32 Å². The van der Waals surface area contributed by atoms with Crippen molar-refractivity contribution in [2.45, 2.75) is 12.3 Å². The normalized spacial score (nSPS) is 20.3. The summed E-state index contributed by atoms with van der Waals surface area (Å²) in [6.45, 7) is 1.96. The van der Waals surface area contributed by atoms with Crippen molar-refractivity contribution in [2.24, 2.45) is 5.18 Å². The number of amides is 1. The lowest BCUT2D eigenvalue weighted by molar-refractivity contribution is -0.116. The number of thioether (sulfide) groups is 1. The summed E-state index contributed by atoms with van der Waals surface area (Å²) in [5, 5.41) is 1.81. The van der Waals surface area contributed by atoms with Gasteiger partial charge in [-0.1, -0.05) is 41.7 Å². The standard InChI is InChI=1S/C10H8N2O2S2/c1-6-2-4-7(5-3-6)12-9(13)8(11-14)16-10(12)15/h2-5,8H,1H3. The highest BCUT2D eigenvalue weighted by Gasteiger charge is 2.38. The zero-order valence-electron chi connectivity index (χ0n) is 8.41. The highest BCUT2D eigenvalue weighted by molar-refractivity contribution is 8.25. The van der Waals surface area contributed by atoms with Crippen molar-refractivity contribution >= 4 is 39.9 Å². The van der Waals surface area contributed by atoms with Gasteiger partial charge < -0.3 is 0 Å². The topological polar surface area (TPSA) is 49.7 Å². The van der Waals surface area contributed by atoms with Crippen LogP contribution in [0.2, 0.25) is 0 Å². The van der Waals surface area contributed by atoms with Crippen molar-refractivity contribution in [3.63, 3.8) is 0 Å². The van der Waals surface area contributed by atoms with Crippen LogP contribution in [0.1, 0.15) is 5.56 Å². The Bertz CT molecular complexity index is 458. The van der Waals surface area contributed by atoms with Crippen molar-refractivity contribution in [1.29, 1.82) is 0 Å². The number of nitroso groups, excluding NO2 is 1. The van der Waals surface area contributed by atoms with Crippen LogP contribution in [0.3, 0.4) is 0 Å². The Kier molecular flexibility index (Phi) is 3.02. The van der Waals surface area contributed by atoms with Gasteiger partial charge in [0.2, 0.25) is 5.37 Å². The number of hydrogen-bond acceptors (Lipinski definition) is 5. The van der Waals surface area contributed by atoms with Crippen LogP contribution in [-0.4, -0.2) is 15.6 Å². The van der Waals surface area contributed by atoms with Gasteiger partial charge in [0.05, 0.1) is 5.69 Å². The minimum atomic E-state index is -0.936. The maximum absolute atomic E-state index is 11.8. The Morgan fingerprint density at radius 2 is 2.00 bits per heavy atom. The van der Waals surface area contributed by atoms with Gasteiger partial charge >= 0.3 is 0 Å². The number of hydrogen-bond donors (Lipinski definition) is 0. The molecule has 2 rings (SSSR count). The molecule has 1 aliphatic rings. The fourth-order valence-electron chi connectivity index (χ4n) is 1.39. The second kappa shape index (κ2) is 4.31. The molecule has 0 aromatic heterocycles. The molecule has 16 heavy (non-hydrogen) atoms. The van der Waals surface area contributed by atoms with Gasteiger partial charge in [0, 0.05) is 0 Å². The lowest BCUT2D eigenvalue weighted by atomic mass is 10.2. The fraction of sp³-hybridized carbons (Fsp3) is 0.200. The molecule has 1 saturated heterocycles. The first kappa shape index (κ1) is 11.2. The molecule has 0 radical (unpaired) electrons. The van der Waals surface area contributed by atoms with Crippen LogP contribution in [0, 0.1) is 11.8 Å². The summed E-state index contributed by atoms with van der Waals surface area (Å²) in [5.74, 6) is -0.367. The number of benzene rings is 1. The molecule has 1 aromatic rings. The van der Waals surface area contributed by atoms with Gasteiger partial charge in [-0.3, -0.25) is 9.69 Å². The minimum Gasteiger partial charge on any atom is -0.270 e. The van der Waals surface area contributed by atoms with E-state index >= 15 is 0 Å². The van der Waals surface area contributed by atoms with E-state index in [-0.39, 0.29) is 5.91 Å². The highest BCUT2D eigenvalue weighted by Crippen LogP contribution is 2.32. The monoisotopic (exact) mass is 252 g/mol. The van der Waals surface area contributed by atoms with Crippen LogP contribution in [0.4, 0.5) is 5.69 Å². The largest absolute Gasteiger partial charge is 0.271 e. The minimum absolute atomic E-state index is 0.367. The van der Waals surface area contributed by atoms with Crippen LogP contribution in [0.5, 0.6) is 0 Å². The molecule has 0 bridgehead atoms. The number of carbonyl (C=O) groups excluding carboxylic acids is 1. The van der Waals surface area contributed by atoms with Crippen molar-refractivity contribution in [3.8, 4) is 0 Å². The molecule has 6 heteroatoms. The molecule has 1 fully saturated rings. The second-order valence-electron chi connectivity index (χ2n) is 3.35. The van der Waals surface area contributed by atoms with Gasteiger partial charge in [-0.2, -0.15) is 0 Å². The van der Waals surface area contributed by atoms with E-state index < -0.39 is 5.37 Å². The van der Waals surface area contributed by atoms with Gasteiger partial charge in [-0.15, -0.1) is 4.91 Å². The zero-order valence-corrected chi connectivity index (χ0v) is 10.0. The second-order valence-corrected chi connectivity index (χ2v) is 5.06. The average Bonchev–Trinajstić information content (AvgIpc) is 2.56. The van der Waals surface area contributed by atoms with E-state index in [0.717, 1.165) is 17.3 Å². The van der Waals surface area contributed by atoms with E-state index in [1.165, 1.54) is 4.90 Å². The van der Waals surface area contributed by atoms with E-state index in [0.29, 0.717) is 10.0 Å². The predicted molar refractivity (Wildman–Crippen MR) is 68.4 cm³/mol. The van der Waals surface area contributed by atoms with Crippen molar-refractivity contribution in [3.05, 3.63) is 34.7 Å². The Morgan fingerprint density at radius 1 is 1.38 bits per heavy atom. The first-order chi connectivity index (χ1) is 7.63. The highest BCUT2D eigenvalue weighted by atomic mass is 32.2. The van der Waals surface area contributed by atoms with Crippen molar-refractivity contribution in [2.75, 3.05) is 4.90 Å². The van der Waals surface area contributed by atoms with Crippen LogP contribution >= 0.6 is 24.0 Å². The van der Waals surface area contributed by atoms with Crippen LogP contribution < -0.4 is 4.90 Å². The molecule has 1 heterocycles. The van der Waals surface area contributed by atoms with Crippen LogP contribution in [0.15, 0.2) is 29.4 Å². The van der Waals surface area contributed by atoms with E-state index in [2.05, 4.69) is 5.18 Å². The molecule has 82 valence electrons. The maximum atomic E-state index is 11.8. The smallest absolute Gasteiger partial charge is 0.270 e. The lowest BCUT2D eigenvalue weighted by Crippen LogP contribution is -2.30. The molecule has 0 spiro atoms. The van der Waals surface area contributed by atoms with Crippen molar-refractivity contribution < 1.29 is 4.79 Å². The first-order valence-corrected chi connectivity index (χ1v) is 5.86. The number of thiocarbonyl (C=S) groups is 1. The SMILES string of the molecule is Cc1ccc(N2C(=O)C(N=O)SC2=S)cc1. The molecule has 0 saturated carbocycles. The zero-order chi connectivity index (χ0) is 11.7. The molecule has 1 aliphatic heterocycles. The molecule has 1 aromatic carbocycles. The Hall–Kier alpha value is -1.27. The number of anilines is 1. The summed E-state index contributed by atoms with van der Waals surface area (Å²) in [7, 11) is 0. The molecular weight excluding hydrogens is 244 g/mol. The van der Waals surface area contributed by atoms with Crippen LogP contribution in [0.25, 0.3) is 0 Å². The lowest BCUT2D eigenvalue weighted by Gasteiger charge is -2.14. The third-order valence-corrected chi connectivity index (χ3v) is 3.58. The molecule has 0 N–H and O–H groups in total. The Labute approximate surface area is 102 Å². The Morgan fingerprint density at radius 3 is 2.50 bits per heavy atom. The van der Waals surface area contributed by atoms with Gasteiger partial charge in [-0.05, 0) is 24.2 Å². The van der Waals surface area contributed by atoms with Gasteiger partial charge in [0.15, 0.2) is 0 Å². The van der Waals surface area contributed by atoms with Gasteiger partial charge in [-0.25, -0.2) is 0 Å². The first-order valence-electron chi connectivity index (χ1n) is 4.57. The van der Waals surface area contributed by atoms with Crippen molar-refractivity contribution in [1.82, 2.24) is 0 Å². The number of carbonyl (C=O) groups is 1. The Balaban J connectivity index is 2.34. The van der Waals surface area contributed by atoms with Gasteiger partial charge in [0.25, 0.3) is 5.91 Å². The number of nitrogens with zero attached hydrogens (tertiary/aromatic N) is 2. The van der Waals surface area contributed by atoms with E-state index in [1.54, 1.807) is 12.1 Å².